The average molecular weight is 242 g/mol. The number of imidazole rings is 1. The zero-order valence-electron chi connectivity index (χ0n) is 10.2. The Bertz CT molecular complexity index is 523. The lowest BCUT2D eigenvalue weighted by atomic mass is 10.4. The first-order valence-electron chi connectivity index (χ1n) is 5.17. The van der Waals surface area contributed by atoms with Crippen LogP contribution in [0.3, 0.4) is 0 Å². The van der Waals surface area contributed by atoms with Gasteiger partial charge in [-0.2, -0.15) is 5.10 Å². The van der Waals surface area contributed by atoms with Gasteiger partial charge in [0.2, 0.25) is 0 Å². The van der Waals surface area contributed by atoms with E-state index in [1.807, 2.05) is 49.4 Å². The van der Waals surface area contributed by atoms with E-state index < -0.39 is 0 Å². The summed E-state index contributed by atoms with van der Waals surface area (Å²) in [6.45, 7) is 3.88. The van der Waals surface area contributed by atoms with E-state index in [0.717, 1.165) is 22.7 Å². The summed E-state index contributed by atoms with van der Waals surface area (Å²) in [4.78, 5) is 4.56. The molecule has 88 valence electrons. The Balaban J connectivity index is 2.83. The molecule has 0 amide bonds. The number of aromatic nitrogens is 4. The van der Waals surface area contributed by atoms with Crippen LogP contribution in [0, 0.1) is 6.92 Å². The SMILES string of the molecule is Cc1nn(C)c2c1nc(C(C)Cl)n2N(C)C. The Kier molecular flexibility index (Phi) is 2.58. The summed E-state index contributed by atoms with van der Waals surface area (Å²) in [6, 6.07) is 0. The number of fused-ring (bicyclic) bond motifs is 1. The molecule has 0 aliphatic rings. The van der Waals surface area contributed by atoms with Crippen molar-refractivity contribution in [2.75, 3.05) is 19.1 Å². The van der Waals surface area contributed by atoms with Gasteiger partial charge in [0.1, 0.15) is 11.3 Å². The van der Waals surface area contributed by atoms with Crippen molar-refractivity contribution in [3.8, 4) is 0 Å². The highest BCUT2D eigenvalue weighted by Gasteiger charge is 2.21. The lowest BCUT2D eigenvalue weighted by molar-refractivity contribution is 0.655. The molecule has 0 radical (unpaired) electrons. The molecule has 1 atom stereocenters. The fraction of sp³-hybridized carbons (Fsp3) is 0.600. The van der Waals surface area contributed by atoms with Crippen LogP contribution in [-0.2, 0) is 7.05 Å². The van der Waals surface area contributed by atoms with Crippen LogP contribution < -0.4 is 5.01 Å². The van der Waals surface area contributed by atoms with Gasteiger partial charge in [-0.15, -0.1) is 11.6 Å². The van der Waals surface area contributed by atoms with Gasteiger partial charge < -0.3 is 5.01 Å². The molecule has 2 aromatic rings. The van der Waals surface area contributed by atoms with Gasteiger partial charge in [-0.3, -0.25) is 0 Å². The molecule has 0 aromatic carbocycles. The van der Waals surface area contributed by atoms with E-state index in [2.05, 4.69) is 10.1 Å². The number of rotatable bonds is 2. The van der Waals surface area contributed by atoms with Crippen molar-refractivity contribution in [3.63, 3.8) is 0 Å². The molecule has 5 nitrogen and oxygen atoms in total. The highest BCUT2D eigenvalue weighted by atomic mass is 35.5. The Morgan fingerprint density at radius 3 is 2.50 bits per heavy atom. The van der Waals surface area contributed by atoms with Gasteiger partial charge in [-0.1, -0.05) is 0 Å². The highest BCUT2D eigenvalue weighted by molar-refractivity contribution is 6.20. The first-order valence-corrected chi connectivity index (χ1v) is 5.60. The zero-order valence-corrected chi connectivity index (χ0v) is 10.9. The number of hydrogen-bond donors (Lipinski definition) is 0. The predicted molar refractivity (Wildman–Crippen MR) is 65.6 cm³/mol. The number of halogens is 1. The normalized spacial score (nSPS) is 13.4. The molecule has 6 heteroatoms. The Labute approximate surface area is 99.6 Å². The third-order valence-electron chi connectivity index (χ3n) is 2.56. The van der Waals surface area contributed by atoms with Crippen molar-refractivity contribution < 1.29 is 0 Å². The minimum absolute atomic E-state index is 0.130. The van der Waals surface area contributed by atoms with Gasteiger partial charge >= 0.3 is 0 Å². The fourth-order valence-corrected chi connectivity index (χ4v) is 2.07. The lowest BCUT2D eigenvalue weighted by Gasteiger charge is -2.18. The van der Waals surface area contributed by atoms with Crippen molar-refractivity contribution in [2.24, 2.45) is 7.05 Å². The standard InChI is InChI=1S/C10H16ClN5/c1-6(11)9-12-8-7(2)13-15(5)10(8)16(9)14(3)4/h6H,1-5H3. The minimum atomic E-state index is -0.130. The molecule has 0 N–H and O–H groups in total. The van der Waals surface area contributed by atoms with E-state index in [0.29, 0.717) is 0 Å². The summed E-state index contributed by atoms with van der Waals surface area (Å²) in [5.74, 6) is 0.845. The summed E-state index contributed by atoms with van der Waals surface area (Å²) in [5, 5.41) is 6.19. The molecular weight excluding hydrogens is 226 g/mol. The Morgan fingerprint density at radius 2 is 2.00 bits per heavy atom. The van der Waals surface area contributed by atoms with Gasteiger partial charge in [0.25, 0.3) is 0 Å². The third kappa shape index (κ3) is 1.46. The quantitative estimate of drug-likeness (QED) is 0.750. The van der Waals surface area contributed by atoms with Crippen molar-refractivity contribution >= 4 is 22.8 Å². The fourth-order valence-electron chi connectivity index (χ4n) is 1.93. The third-order valence-corrected chi connectivity index (χ3v) is 2.76. The van der Waals surface area contributed by atoms with Crippen molar-refractivity contribution in [1.82, 2.24) is 19.4 Å². The van der Waals surface area contributed by atoms with Crippen LogP contribution in [0.5, 0.6) is 0 Å². The number of alkyl halides is 1. The molecule has 0 saturated carbocycles. The molecule has 0 bridgehead atoms. The number of nitrogens with zero attached hydrogens (tertiary/aromatic N) is 5. The Hall–Kier alpha value is -1.23. The summed E-state index contributed by atoms with van der Waals surface area (Å²) in [6.07, 6.45) is 0. The van der Waals surface area contributed by atoms with Gasteiger partial charge in [0.15, 0.2) is 5.65 Å². The number of hydrogen-bond acceptors (Lipinski definition) is 3. The smallest absolute Gasteiger partial charge is 0.177 e. The minimum Gasteiger partial charge on any atom is -0.316 e. The van der Waals surface area contributed by atoms with Crippen LogP contribution in [0.2, 0.25) is 0 Å². The zero-order chi connectivity index (χ0) is 12.0. The highest BCUT2D eigenvalue weighted by Crippen LogP contribution is 2.25. The van der Waals surface area contributed by atoms with Gasteiger partial charge in [0, 0.05) is 21.1 Å². The molecule has 0 fully saturated rings. The molecule has 0 saturated heterocycles. The monoisotopic (exact) mass is 241 g/mol. The molecule has 2 heterocycles. The second kappa shape index (κ2) is 3.66. The largest absolute Gasteiger partial charge is 0.316 e. The summed E-state index contributed by atoms with van der Waals surface area (Å²) in [7, 11) is 5.85. The summed E-state index contributed by atoms with van der Waals surface area (Å²) in [5.41, 5.74) is 2.82. The van der Waals surface area contributed by atoms with Crippen LogP contribution in [-0.4, -0.2) is 33.5 Å². The second-order valence-corrected chi connectivity index (χ2v) is 4.78. The second-order valence-electron chi connectivity index (χ2n) is 4.13. The van der Waals surface area contributed by atoms with E-state index in [4.69, 9.17) is 11.6 Å². The maximum atomic E-state index is 6.15. The summed E-state index contributed by atoms with van der Waals surface area (Å²) >= 11 is 6.15. The van der Waals surface area contributed by atoms with E-state index in [9.17, 15) is 0 Å². The van der Waals surface area contributed by atoms with E-state index in [1.165, 1.54) is 0 Å². The van der Waals surface area contributed by atoms with Crippen LogP contribution >= 0.6 is 11.6 Å². The maximum absolute atomic E-state index is 6.15. The van der Waals surface area contributed by atoms with Gasteiger partial charge in [-0.05, 0) is 13.8 Å². The van der Waals surface area contributed by atoms with Crippen LogP contribution in [0.25, 0.3) is 11.2 Å². The molecule has 2 rings (SSSR count). The van der Waals surface area contributed by atoms with E-state index in [1.54, 1.807) is 0 Å². The first kappa shape index (κ1) is 11.3. The van der Waals surface area contributed by atoms with Crippen LogP contribution in [0.15, 0.2) is 0 Å². The molecule has 16 heavy (non-hydrogen) atoms. The summed E-state index contributed by atoms with van der Waals surface area (Å²) < 4.78 is 3.83. The molecule has 0 aliphatic heterocycles. The van der Waals surface area contributed by atoms with Crippen LogP contribution in [0.1, 0.15) is 23.8 Å². The Morgan fingerprint density at radius 1 is 1.38 bits per heavy atom. The van der Waals surface area contributed by atoms with Crippen molar-refractivity contribution in [1.29, 1.82) is 0 Å². The van der Waals surface area contributed by atoms with Gasteiger partial charge in [0.05, 0.1) is 11.1 Å². The molecule has 2 aromatic heterocycles. The molecule has 1 unspecified atom stereocenters. The number of aryl methyl sites for hydroxylation is 2. The molecule has 0 aliphatic carbocycles. The van der Waals surface area contributed by atoms with Crippen molar-refractivity contribution in [3.05, 3.63) is 11.5 Å². The van der Waals surface area contributed by atoms with E-state index >= 15 is 0 Å². The van der Waals surface area contributed by atoms with Crippen LogP contribution in [0.4, 0.5) is 0 Å². The maximum Gasteiger partial charge on any atom is 0.177 e. The average Bonchev–Trinajstić information content (AvgIpc) is 2.66. The van der Waals surface area contributed by atoms with Crippen molar-refractivity contribution in [2.45, 2.75) is 19.2 Å². The van der Waals surface area contributed by atoms with Gasteiger partial charge in [-0.25, -0.2) is 14.3 Å². The predicted octanol–water partition coefficient (Wildman–Crippen LogP) is 1.58. The first-order chi connectivity index (χ1) is 7.43. The molecular formula is C10H16ClN5. The van der Waals surface area contributed by atoms with E-state index in [-0.39, 0.29) is 5.38 Å². The lowest BCUT2D eigenvalue weighted by Crippen LogP contribution is -2.28. The topological polar surface area (TPSA) is 38.9 Å². The molecule has 0 spiro atoms.